The van der Waals surface area contributed by atoms with Crippen molar-refractivity contribution in [2.75, 3.05) is 45.9 Å². The quantitative estimate of drug-likeness (QED) is 0.309. The van der Waals surface area contributed by atoms with Gasteiger partial charge in [-0.1, -0.05) is 36.7 Å². The molecule has 0 radical (unpaired) electrons. The van der Waals surface area contributed by atoms with Crippen molar-refractivity contribution >= 4 is 35.5 Å². The summed E-state index contributed by atoms with van der Waals surface area (Å²) < 4.78 is 5.59. The molecule has 1 aromatic carbocycles. The Labute approximate surface area is 201 Å². The Hall–Kier alpha value is -2.77. The van der Waals surface area contributed by atoms with Gasteiger partial charge >= 0.3 is 23.9 Å². The van der Waals surface area contributed by atoms with Crippen molar-refractivity contribution in [1.29, 1.82) is 0 Å². The maximum atomic E-state index is 10.1. The Balaban J connectivity index is 0.000000750. The van der Waals surface area contributed by atoms with E-state index in [2.05, 4.69) is 16.7 Å². The van der Waals surface area contributed by atoms with Crippen molar-refractivity contribution in [2.24, 2.45) is 0 Å². The highest BCUT2D eigenvalue weighted by molar-refractivity contribution is 6.31. The van der Waals surface area contributed by atoms with E-state index < -0.39 is 30.0 Å². The summed E-state index contributed by atoms with van der Waals surface area (Å²) in [4.78, 5) is 41.2. The highest BCUT2D eigenvalue weighted by Gasteiger charge is 2.18. The average molecular weight is 507 g/mol. The zero-order valence-electron chi connectivity index (χ0n) is 18.8. The fourth-order valence-electron chi connectivity index (χ4n) is 2.78. The van der Waals surface area contributed by atoms with Crippen LogP contribution >= 0.6 is 11.6 Å². The Kier molecular flexibility index (Phi) is 16.2. The molecule has 0 saturated carbocycles. The molecule has 1 aromatic rings. The highest BCUT2D eigenvalue weighted by atomic mass is 35.5. The second kappa shape index (κ2) is 17.7. The number of ether oxygens (including phenoxy) is 1. The van der Waals surface area contributed by atoms with Gasteiger partial charge in [-0.05, 0) is 24.6 Å². The molecule has 2 rings (SSSR count). The van der Waals surface area contributed by atoms with E-state index in [-0.39, 0.29) is 0 Å². The molecule has 0 bridgehead atoms. The van der Waals surface area contributed by atoms with Gasteiger partial charge in [0.25, 0.3) is 0 Å². The summed E-state index contributed by atoms with van der Waals surface area (Å²) in [6.45, 7) is 9.12. The van der Waals surface area contributed by atoms with Gasteiger partial charge in [0.1, 0.15) is 0 Å². The lowest BCUT2D eigenvalue weighted by Crippen LogP contribution is -2.49. The number of aliphatic hydroxyl groups excluding tert-OH is 1. The molecular formula is C21H31ClN2O10. The summed E-state index contributed by atoms with van der Waals surface area (Å²) in [6, 6.07) is 7.64. The first-order valence-electron chi connectivity index (χ1n) is 10.3. The standard InChI is InChI=1S/C17H27ClN2O2.2C2H2O4/c1-2-7-19-8-10-20(11-9-19)12-16(21)14-22-13-15-5-3-4-6-17(15)18;2*3-1(4)2(5)6/h3-6,16,21H,2,7-14H2,1H3;2*(H,3,4)(H,5,6). The minimum absolute atomic E-state index is 0.348. The van der Waals surface area contributed by atoms with E-state index in [1.807, 2.05) is 24.3 Å². The van der Waals surface area contributed by atoms with Crippen LogP contribution in [-0.4, -0.2) is 111 Å². The minimum atomic E-state index is -1.82. The molecule has 1 saturated heterocycles. The predicted octanol–water partition coefficient (Wildman–Crippen LogP) is 0.556. The fourth-order valence-corrected chi connectivity index (χ4v) is 2.97. The third-order valence-corrected chi connectivity index (χ3v) is 4.73. The molecule has 0 aromatic heterocycles. The number of aliphatic hydroxyl groups is 1. The summed E-state index contributed by atoms with van der Waals surface area (Å²) in [5, 5.41) is 40.4. The SMILES string of the molecule is CCCN1CCN(CC(O)COCc2ccccc2Cl)CC1.O=C(O)C(=O)O.O=C(O)C(=O)O. The Morgan fingerprint density at radius 2 is 1.38 bits per heavy atom. The summed E-state index contributed by atoms with van der Waals surface area (Å²) in [6.07, 6.45) is 0.763. The lowest BCUT2D eigenvalue weighted by atomic mass is 10.2. The summed E-state index contributed by atoms with van der Waals surface area (Å²) in [7, 11) is 0. The van der Waals surface area contributed by atoms with Crippen LogP contribution in [0.25, 0.3) is 0 Å². The molecule has 5 N–H and O–H groups in total. The van der Waals surface area contributed by atoms with Crippen LogP contribution in [0.1, 0.15) is 18.9 Å². The van der Waals surface area contributed by atoms with Gasteiger partial charge in [-0.25, -0.2) is 19.2 Å². The zero-order chi connectivity index (χ0) is 26.1. The van der Waals surface area contributed by atoms with E-state index in [1.165, 1.54) is 13.0 Å². The molecule has 1 aliphatic heterocycles. The fraction of sp³-hybridized carbons (Fsp3) is 0.524. The van der Waals surface area contributed by atoms with Crippen LogP contribution in [0.3, 0.4) is 0 Å². The monoisotopic (exact) mass is 506 g/mol. The molecule has 192 valence electrons. The number of nitrogens with zero attached hydrogens (tertiary/aromatic N) is 2. The van der Waals surface area contributed by atoms with Crippen molar-refractivity contribution in [1.82, 2.24) is 9.80 Å². The summed E-state index contributed by atoms with van der Waals surface area (Å²) in [5.74, 6) is -7.30. The number of hydrogen-bond acceptors (Lipinski definition) is 8. The molecule has 1 atom stereocenters. The van der Waals surface area contributed by atoms with Crippen molar-refractivity contribution in [3.63, 3.8) is 0 Å². The van der Waals surface area contributed by atoms with Gasteiger partial charge in [0.2, 0.25) is 0 Å². The number of β-amino-alcohol motifs (C(OH)–C–C–N with tert-alkyl or cyclic N) is 1. The Morgan fingerprint density at radius 3 is 1.82 bits per heavy atom. The zero-order valence-corrected chi connectivity index (χ0v) is 19.6. The second-order valence-corrected chi connectivity index (χ2v) is 7.53. The first-order valence-corrected chi connectivity index (χ1v) is 10.7. The number of hydrogen-bond donors (Lipinski definition) is 5. The predicted molar refractivity (Wildman–Crippen MR) is 121 cm³/mol. The van der Waals surface area contributed by atoms with Crippen LogP contribution in [0.5, 0.6) is 0 Å². The lowest BCUT2D eigenvalue weighted by molar-refractivity contribution is -0.159. The molecule has 0 spiro atoms. The Morgan fingerprint density at radius 1 is 0.912 bits per heavy atom. The number of benzene rings is 1. The van der Waals surface area contributed by atoms with Crippen LogP contribution in [0, 0.1) is 0 Å². The molecule has 1 fully saturated rings. The van der Waals surface area contributed by atoms with Gasteiger partial charge in [0.05, 0.1) is 19.3 Å². The maximum Gasteiger partial charge on any atom is 0.414 e. The first kappa shape index (κ1) is 31.2. The van der Waals surface area contributed by atoms with Crippen LogP contribution in [0.15, 0.2) is 24.3 Å². The average Bonchev–Trinajstić information content (AvgIpc) is 2.77. The number of carboxylic acids is 4. The van der Waals surface area contributed by atoms with Crippen LogP contribution < -0.4 is 0 Å². The first-order chi connectivity index (χ1) is 16.0. The van der Waals surface area contributed by atoms with Gasteiger partial charge in [0, 0.05) is 37.7 Å². The number of carboxylic acid groups (broad SMARTS) is 4. The molecule has 1 unspecified atom stereocenters. The van der Waals surface area contributed by atoms with Crippen molar-refractivity contribution in [2.45, 2.75) is 26.1 Å². The molecule has 0 amide bonds. The van der Waals surface area contributed by atoms with Gasteiger partial charge in [0.15, 0.2) is 0 Å². The van der Waals surface area contributed by atoms with E-state index in [1.54, 1.807) is 0 Å². The third-order valence-electron chi connectivity index (χ3n) is 4.37. The van der Waals surface area contributed by atoms with Crippen molar-refractivity contribution < 1.29 is 49.4 Å². The number of piperazine rings is 1. The number of aliphatic carboxylic acids is 4. The minimum Gasteiger partial charge on any atom is -0.473 e. The van der Waals surface area contributed by atoms with Gasteiger partial charge < -0.3 is 35.2 Å². The van der Waals surface area contributed by atoms with Gasteiger partial charge in [-0.2, -0.15) is 0 Å². The van der Waals surface area contributed by atoms with E-state index in [0.29, 0.717) is 24.8 Å². The number of carbonyl (C=O) groups is 4. The van der Waals surface area contributed by atoms with E-state index in [4.69, 9.17) is 55.9 Å². The van der Waals surface area contributed by atoms with Crippen molar-refractivity contribution in [3.05, 3.63) is 34.9 Å². The van der Waals surface area contributed by atoms with Crippen LogP contribution in [0.4, 0.5) is 0 Å². The molecule has 13 heteroatoms. The molecule has 1 heterocycles. The summed E-state index contributed by atoms with van der Waals surface area (Å²) >= 11 is 6.08. The molecule has 1 aliphatic rings. The van der Waals surface area contributed by atoms with E-state index >= 15 is 0 Å². The van der Waals surface area contributed by atoms with Gasteiger partial charge in [-0.3, -0.25) is 4.90 Å². The maximum absolute atomic E-state index is 10.1. The second-order valence-electron chi connectivity index (χ2n) is 7.12. The van der Waals surface area contributed by atoms with Crippen LogP contribution in [0.2, 0.25) is 5.02 Å². The topological polar surface area (TPSA) is 185 Å². The van der Waals surface area contributed by atoms with E-state index in [9.17, 15) is 5.11 Å². The highest BCUT2D eigenvalue weighted by Crippen LogP contribution is 2.15. The third kappa shape index (κ3) is 15.1. The largest absolute Gasteiger partial charge is 0.473 e. The Bertz CT molecular complexity index is 737. The number of halogens is 1. The van der Waals surface area contributed by atoms with E-state index in [0.717, 1.165) is 31.7 Å². The van der Waals surface area contributed by atoms with Gasteiger partial charge in [-0.15, -0.1) is 0 Å². The smallest absolute Gasteiger partial charge is 0.414 e. The van der Waals surface area contributed by atoms with Crippen LogP contribution in [-0.2, 0) is 30.5 Å². The van der Waals surface area contributed by atoms with Crippen molar-refractivity contribution in [3.8, 4) is 0 Å². The lowest BCUT2D eigenvalue weighted by Gasteiger charge is -2.35. The normalized spacial score (nSPS) is 14.6. The molecule has 0 aliphatic carbocycles. The molecular weight excluding hydrogens is 476 g/mol. The molecule has 12 nitrogen and oxygen atoms in total. The molecule has 34 heavy (non-hydrogen) atoms. The number of rotatable bonds is 8. The summed E-state index contributed by atoms with van der Waals surface area (Å²) in [5.41, 5.74) is 0.963.